The van der Waals surface area contributed by atoms with Gasteiger partial charge in [-0.05, 0) is 66.8 Å². The second kappa shape index (κ2) is 5.63. The van der Waals surface area contributed by atoms with E-state index in [1.54, 1.807) is 7.11 Å². The zero-order chi connectivity index (χ0) is 14.9. The van der Waals surface area contributed by atoms with Crippen molar-refractivity contribution >= 4 is 0 Å². The van der Waals surface area contributed by atoms with E-state index in [4.69, 9.17) is 10.5 Å². The van der Waals surface area contributed by atoms with Gasteiger partial charge in [-0.2, -0.15) is 0 Å². The number of aryl methyl sites for hydroxylation is 3. The Morgan fingerprint density at radius 1 is 1.00 bits per heavy atom. The first-order valence-corrected chi connectivity index (χ1v) is 6.60. The smallest absolute Gasteiger partial charge is 0.123 e. The summed E-state index contributed by atoms with van der Waals surface area (Å²) in [6.45, 7) is 5.76. The van der Waals surface area contributed by atoms with Gasteiger partial charge in [-0.25, -0.2) is 4.39 Å². The molecule has 20 heavy (non-hydrogen) atoms. The van der Waals surface area contributed by atoms with Crippen molar-refractivity contribution in [3.05, 3.63) is 64.0 Å². The first-order chi connectivity index (χ1) is 9.43. The molecule has 2 aromatic carbocycles. The van der Waals surface area contributed by atoms with Crippen molar-refractivity contribution in [2.24, 2.45) is 5.73 Å². The number of hydrogen-bond donors (Lipinski definition) is 1. The molecular weight excluding hydrogens is 253 g/mol. The summed E-state index contributed by atoms with van der Waals surface area (Å²) in [6.07, 6.45) is 0. The third kappa shape index (κ3) is 2.68. The van der Waals surface area contributed by atoms with Crippen LogP contribution in [-0.4, -0.2) is 7.11 Å². The molecule has 3 heteroatoms. The minimum absolute atomic E-state index is 0.225. The molecule has 0 heterocycles. The van der Waals surface area contributed by atoms with Crippen molar-refractivity contribution in [1.82, 2.24) is 0 Å². The van der Waals surface area contributed by atoms with E-state index < -0.39 is 0 Å². The maximum Gasteiger partial charge on any atom is 0.123 e. The van der Waals surface area contributed by atoms with Crippen LogP contribution in [0, 0.1) is 26.6 Å². The van der Waals surface area contributed by atoms with Crippen LogP contribution in [0.25, 0.3) is 0 Å². The molecule has 1 atom stereocenters. The third-order valence-electron chi connectivity index (χ3n) is 3.66. The second-order valence-corrected chi connectivity index (χ2v) is 5.16. The molecule has 0 saturated heterocycles. The van der Waals surface area contributed by atoms with Gasteiger partial charge in [0.1, 0.15) is 11.6 Å². The lowest BCUT2D eigenvalue weighted by atomic mass is 9.91. The predicted octanol–water partition coefficient (Wildman–Crippen LogP) is 3.81. The average molecular weight is 273 g/mol. The van der Waals surface area contributed by atoms with Crippen LogP contribution in [0.5, 0.6) is 5.75 Å². The summed E-state index contributed by atoms with van der Waals surface area (Å²) < 4.78 is 18.7. The van der Waals surface area contributed by atoms with Gasteiger partial charge in [-0.1, -0.05) is 12.1 Å². The molecule has 106 valence electrons. The molecule has 2 aromatic rings. The molecular formula is C17H20FNO. The second-order valence-electron chi connectivity index (χ2n) is 5.16. The maximum absolute atomic E-state index is 13.4. The molecule has 0 aliphatic rings. The Kier molecular flexibility index (Phi) is 4.09. The molecule has 2 rings (SSSR count). The summed E-state index contributed by atoms with van der Waals surface area (Å²) in [5.74, 6) is 0.591. The van der Waals surface area contributed by atoms with Crippen molar-refractivity contribution in [3.63, 3.8) is 0 Å². The van der Waals surface area contributed by atoms with Gasteiger partial charge in [0.15, 0.2) is 0 Å². The quantitative estimate of drug-likeness (QED) is 0.923. The largest absolute Gasteiger partial charge is 0.496 e. The van der Waals surface area contributed by atoms with Crippen molar-refractivity contribution in [2.75, 3.05) is 7.11 Å². The van der Waals surface area contributed by atoms with E-state index in [-0.39, 0.29) is 11.9 Å². The van der Waals surface area contributed by atoms with Gasteiger partial charge in [-0.3, -0.25) is 0 Å². The van der Waals surface area contributed by atoms with E-state index in [2.05, 4.69) is 0 Å². The zero-order valence-corrected chi connectivity index (χ0v) is 12.3. The lowest BCUT2D eigenvalue weighted by molar-refractivity contribution is 0.411. The summed E-state index contributed by atoms with van der Waals surface area (Å²) in [6, 6.07) is 8.68. The van der Waals surface area contributed by atoms with Crippen LogP contribution in [0.4, 0.5) is 4.39 Å². The fourth-order valence-corrected chi connectivity index (χ4v) is 2.61. The molecule has 2 N–H and O–H groups in total. The summed E-state index contributed by atoms with van der Waals surface area (Å²) in [5, 5.41) is 0. The Balaban J connectivity index is 2.49. The predicted molar refractivity (Wildman–Crippen MR) is 79.6 cm³/mol. The van der Waals surface area contributed by atoms with Gasteiger partial charge in [0.2, 0.25) is 0 Å². The summed E-state index contributed by atoms with van der Waals surface area (Å²) >= 11 is 0. The summed E-state index contributed by atoms with van der Waals surface area (Å²) in [7, 11) is 1.64. The highest BCUT2D eigenvalue weighted by Crippen LogP contribution is 2.29. The van der Waals surface area contributed by atoms with E-state index >= 15 is 0 Å². The van der Waals surface area contributed by atoms with Gasteiger partial charge >= 0.3 is 0 Å². The van der Waals surface area contributed by atoms with Gasteiger partial charge in [-0.15, -0.1) is 0 Å². The van der Waals surface area contributed by atoms with Gasteiger partial charge in [0.05, 0.1) is 13.2 Å². The summed E-state index contributed by atoms with van der Waals surface area (Å²) in [5.41, 5.74) is 11.1. The molecule has 0 amide bonds. The van der Waals surface area contributed by atoms with Crippen LogP contribution < -0.4 is 10.5 Å². The zero-order valence-electron chi connectivity index (χ0n) is 12.3. The van der Waals surface area contributed by atoms with Crippen LogP contribution in [0.15, 0.2) is 30.3 Å². The van der Waals surface area contributed by atoms with Crippen molar-refractivity contribution in [2.45, 2.75) is 26.8 Å². The van der Waals surface area contributed by atoms with Crippen molar-refractivity contribution in [3.8, 4) is 5.75 Å². The van der Waals surface area contributed by atoms with Crippen LogP contribution in [0.2, 0.25) is 0 Å². The lowest BCUT2D eigenvalue weighted by Gasteiger charge is -2.19. The number of benzene rings is 2. The van der Waals surface area contributed by atoms with E-state index in [9.17, 15) is 4.39 Å². The summed E-state index contributed by atoms with van der Waals surface area (Å²) in [4.78, 5) is 0. The number of hydrogen-bond acceptors (Lipinski definition) is 2. The number of rotatable bonds is 3. The minimum atomic E-state index is -0.287. The standard InChI is InChI=1S/C17H20FNO/c1-10-5-6-13(9-15(10)20-4)17(19)16-11(2)7-14(18)8-12(16)3/h5-9,17H,19H2,1-4H3. The minimum Gasteiger partial charge on any atom is -0.496 e. The van der Waals surface area contributed by atoms with Gasteiger partial charge in [0, 0.05) is 0 Å². The highest BCUT2D eigenvalue weighted by Gasteiger charge is 2.16. The van der Waals surface area contributed by atoms with E-state index in [1.807, 2.05) is 39.0 Å². The monoisotopic (exact) mass is 273 g/mol. The molecule has 0 saturated carbocycles. The Labute approximate surface area is 119 Å². The fraction of sp³-hybridized carbons (Fsp3) is 0.294. The SMILES string of the molecule is COc1cc(C(N)c2c(C)cc(F)cc2C)ccc1C. The molecule has 0 spiro atoms. The first kappa shape index (κ1) is 14.5. The molecule has 0 aromatic heterocycles. The van der Waals surface area contributed by atoms with Crippen molar-refractivity contribution < 1.29 is 9.13 Å². The van der Waals surface area contributed by atoms with E-state index in [1.165, 1.54) is 12.1 Å². The molecule has 0 aliphatic carbocycles. The van der Waals surface area contributed by atoms with Gasteiger partial charge < -0.3 is 10.5 Å². The van der Waals surface area contributed by atoms with Gasteiger partial charge in [0.25, 0.3) is 0 Å². The number of nitrogens with two attached hydrogens (primary N) is 1. The average Bonchev–Trinajstić information content (AvgIpc) is 2.37. The van der Waals surface area contributed by atoms with E-state index in [0.717, 1.165) is 33.6 Å². The highest BCUT2D eigenvalue weighted by atomic mass is 19.1. The Morgan fingerprint density at radius 2 is 1.60 bits per heavy atom. The Bertz CT molecular complexity index is 614. The fourth-order valence-electron chi connectivity index (χ4n) is 2.61. The van der Waals surface area contributed by atoms with Crippen LogP contribution >= 0.6 is 0 Å². The highest BCUT2D eigenvalue weighted by molar-refractivity contribution is 5.45. The van der Waals surface area contributed by atoms with Crippen molar-refractivity contribution in [1.29, 1.82) is 0 Å². The Morgan fingerprint density at radius 3 is 2.15 bits per heavy atom. The number of halogens is 1. The molecule has 1 unspecified atom stereocenters. The molecule has 0 aliphatic heterocycles. The normalized spacial score (nSPS) is 12.3. The molecule has 0 radical (unpaired) electrons. The number of methoxy groups -OCH3 is 1. The lowest BCUT2D eigenvalue weighted by Crippen LogP contribution is -2.15. The third-order valence-corrected chi connectivity index (χ3v) is 3.66. The van der Waals surface area contributed by atoms with Crippen LogP contribution in [-0.2, 0) is 0 Å². The van der Waals surface area contributed by atoms with Crippen LogP contribution in [0.1, 0.15) is 33.9 Å². The Hall–Kier alpha value is -1.87. The molecule has 0 bridgehead atoms. The maximum atomic E-state index is 13.4. The number of ether oxygens (including phenoxy) is 1. The van der Waals surface area contributed by atoms with Crippen LogP contribution in [0.3, 0.4) is 0 Å². The first-order valence-electron chi connectivity index (χ1n) is 6.60. The molecule has 2 nitrogen and oxygen atoms in total. The molecule has 0 fully saturated rings. The topological polar surface area (TPSA) is 35.2 Å². The van der Waals surface area contributed by atoms with E-state index in [0.29, 0.717) is 0 Å².